The number of hydrogen-bond acceptors (Lipinski definition) is 5. The van der Waals surface area contributed by atoms with E-state index in [2.05, 4.69) is 20.6 Å². The number of carbonyl (C=O) groups is 1. The van der Waals surface area contributed by atoms with Crippen LogP contribution in [0.1, 0.15) is 21.6 Å². The van der Waals surface area contributed by atoms with Crippen LogP contribution in [0.4, 0.5) is 11.5 Å². The van der Waals surface area contributed by atoms with Crippen LogP contribution < -0.4 is 10.6 Å². The van der Waals surface area contributed by atoms with Gasteiger partial charge < -0.3 is 10.6 Å². The second kappa shape index (κ2) is 8.79. The highest BCUT2D eigenvalue weighted by Crippen LogP contribution is 2.15. The van der Waals surface area contributed by atoms with E-state index in [1.807, 2.05) is 30.3 Å². The molecular weight excluding hydrogens is 362 g/mol. The van der Waals surface area contributed by atoms with Crippen molar-refractivity contribution < 1.29 is 4.79 Å². The average Bonchev–Trinajstić information content (AvgIpc) is 2.69. The van der Waals surface area contributed by atoms with Crippen LogP contribution in [0, 0.1) is 11.3 Å². The number of para-hydroxylation sites is 1. The van der Waals surface area contributed by atoms with Gasteiger partial charge in [0.05, 0.1) is 23.6 Å². The zero-order chi connectivity index (χ0) is 19.1. The molecule has 7 heteroatoms. The molecule has 0 aliphatic carbocycles. The molecular formula is C20H16ClN5O. The second-order valence-corrected chi connectivity index (χ2v) is 6.14. The van der Waals surface area contributed by atoms with Crippen LogP contribution >= 0.6 is 11.6 Å². The first-order valence-electron chi connectivity index (χ1n) is 8.26. The first kappa shape index (κ1) is 18.4. The van der Waals surface area contributed by atoms with Gasteiger partial charge in [0.1, 0.15) is 17.6 Å². The lowest BCUT2D eigenvalue weighted by Gasteiger charge is -2.08. The van der Waals surface area contributed by atoms with Gasteiger partial charge in [0, 0.05) is 11.6 Å². The Morgan fingerprint density at radius 3 is 2.70 bits per heavy atom. The van der Waals surface area contributed by atoms with E-state index in [0.717, 1.165) is 12.0 Å². The van der Waals surface area contributed by atoms with Crippen molar-refractivity contribution >= 4 is 29.0 Å². The van der Waals surface area contributed by atoms with Gasteiger partial charge in [-0.25, -0.2) is 9.97 Å². The molecule has 134 valence electrons. The molecule has 1 amide bonds. The van der Waals surface area contributed by atoms with Crippen molar-refractivity contribution in [2.75, 3.05) is 17.2 Å². The molecule has 2 aromatic carbocycles. The number of benzene rings is 2. The van der Waals surface area contributed by atoms with Gasteiger partial charge in [0.2, 0.25) is 0 Å². The Morgan fingerprint density at radius 1 is 1.11 bits per heavy atom. The van der Waals surface area contributed by atoms with E-state index in [1.54, 1.807) is 24.3 Å². The topological polar surface area (TPSA) is 90.7 Å². The summed E-state index contributed by atoms with van der Waals surface area (Å²) in [5, 5.41) is 15.6. The van der Waals surface area contributed by atoms with E-state index in [1.165, 1.54) is 12.4 Å². The normalized spacial score (nSPS) is 10.1. The van der Waals surface area contributed by atoms with E-state index < -0.39 is 5.91 Å². The molecule has 3 rings (SSSR count). The molecule has 0 unspecified atom stereocenters. The fourth-order valence-electron chi connectivity index (χ4n) is 2.44. The monoisotopic (exact) mass is 377 g/mol. The molecule has 0 fully saturated rings. The lowest BCUT2D eigenvalue weighted by molar-refractivity contribution is 0.102. The summed E-state index contributed by atoms with van der Waals surface area (Å²) in [4.78, 5) is 20.6. The maximum atomic E-state index is 12.3. The number of amides is 1. The molecule has 0 saturated heterocycles. The number of nitrogens with one attached hydrogen (secondary N) is 2. The largest absolute Gasteiger partial charge is 0.368 e. The molecule has 0 atom stereocenters. The quantitative estimate of drug-likeness (QED) is 0.679. The van der Waals surface area contributed by atoms with Crippen molar-refractivity contribution in [3.05, 3.63) is 82.8 Å². The molecule has 2 N–H and O–H groups in total. The Balaban J connectivity index is 1.56. The molecule has 6 nitrogen and oxygen atoms in total. The Kier molecular flexibility index (Phi) is 5.98. The third kappa shape index (κ3) is 5.03. The van der Waals surface area contributed by atoms with Crippen LogP contribution in [0.2, 0.25) is 5.02 Å². The number of carbonyl (C=O) groups excluding carboxylic acids is 1. The maximum absolute atomic E-state index is 12.3. The number of nitrogens with zero attached hydrogens (tertiary/aromatic N) is 3. The predicted molar refractivity (Wildman–Crippen MR) is 105 cm³/mol. The lowest BCUT2D eigenvalue weighted by Crippen LogP contribution is -2.15. The van der Waals surface area contributed by atoms with Crippen molar-refractivity contribution in [2.45, 2.75) is 6.42 Å². The van der Waals surface area contributed by atoms with Gasteiger partial charge in [0.25, 0.3) is 5.91 Å². The summed E-state index contributed by atoms with van der Waals surface area (Å²) in [6.07, 6.45) is 3.69. The fourth-order valence-corrected chi connectivity index (χ4v) is 2.65. The number of halogens is 1. The first-order chi connectivity index (χ1) is 13.2. The van der Waals surface area contributed by atoms with Gasteiger partial charge in [-0.15, -0.1) is 0 Å². The molecule has 1 heterocycles. The molecule has 3 aromatic rings. The SMILES string of the molecule is N#Cc1ccccc1NC(=O)c1cnc(NCCc2cccc(Cl)c2)cn1. The molecule has 0 bridgehead atoms. The summed E-state index contributed by atoms with van der Waals surface area (Å²) in [6.45, 7) is 0.663. The molecule has 0 saturated carbocycles. The van der Waals surface area contributed by atoms with Crippen LogP contribution in [0.25, 0.3) is 0 Å². The molecule has 27 heavy (non-hydrogen) atoms. The van der Waals surface area contributed by atoms with Crippen molar-refractivity contribution in [2.24, 2.45) is 0 Å². The minimum absolute atomic E-state index is 0.170. The Labute approximate surface area is 161 Å². The van der Waals surface area contributed by atoms with Crippen molar-refractivity contribution in [1.82, 2.24) is 9.97 Å². The summed E-state index contributed by atoms with van der Waals surface area (Å²) >= 11 is 5.97. The van der Waals surface area contributed by atoms with Crippen molar-refractivity contribution in [3.8, 4) is 6.07 Å². The highest BCUT2D eigenvalue weighted by Gasteiger charge is 2.10. The van der Waals surface area contributed by atoms with Gasteiger partial charge in [-0.3, -0.25) is 4.79 Å². The third-order valence-corrected chi connectivity index (χ3v) is 4.02. The van der Waals surface area contributed by atoms with Crippen molar-refractivity contribution in [3.63, 3.8) is 0 Å². The Morgan fingerprint density at radius 2 is 1.96 bits per heavy atom. The van der Waals surface area contributed by atoms with E-state index in [-0.39, 0.29) is 5.69 Å². The average molecular weight is 378 g/mol. The van der Waals surface area contributed by atoms with E-state index >= 15 is 0 Å². The minimum atomic E-state index is -0.421. The summed E-state index contributed by atoms with van der Waals surface area (Å²) in [5.74, 6) is 0.154. The molecule has 1 aromatic heterocycles. The molecule has 0 radical (unpaired) electrons. The van der Waals surface area contributed by atoms with Crippen LogP contribution in [-0.2, 0) is 6.42 Å². The second-order valence-electron chi connectivity index (χ2n) is 5.71. The number of rotatable bonds is 6. The number of aromatic nitrogens is 2. The van der Waals surface area contributed by atoms with Crippen LogP contribution in [0.5, 0.6) is 0 Å². The van der Waals surface area contributed by atoms with Gasteiger partial charge in [-0.1, -0.05) is 35.9 Å². The van der Waals surface area contributed by atoms with E-state index in [9.17, 15) is 4.79 Å². The van der Waals surface area contributed by atoms with Gasteiger partial charge >= 0.3 is 0 Å². The van der Waals surface area contributed by atoms with Crippen molar-refractivity contribution in [1.29, 1.82) is 5.26 Å². The van der Waals surface area contributed by atoms with Crippen LogP contribution in [0.15, 0.2) is 60.9 Å². The van der Waals surface area contributed by atoms with Crippen LogP contribution in [-0.4, -0.2) is 22.4 Å². The third-order valence-electron chi connectivity index (χ3n) is 3.79. The van der Waals surface area contributed by atoms with E-state index in [4.69, 9.17) is 16.9 Å². The van der Waals surface area contributed by atoms with Gasteiger partial charge in [0.15, 0.2) is 0 Å². The minimum Gasteiger partial charge on any atom is -0.368 e. The predicted octanol–water partition coefficient (Wildman–Crippen LogP) is 3.91. The summed E-state index contributed by atoms with van der Waals surface area (Å²) in [6, 6.07) is 16.5. The maximum Gasteiger partial charge on any atom is 0.275 e. The van der Waals surface area contributed by atoms with Gasteiger partial charge in [-0.05, 0) is 36.2 Å². The highest BCUT2D eigenvalue weighted by molar-refractivity contribution is 6.30. The molecule has 0 aliphatic rings. The zero-order valence-electron chi connectivity index (χ0n) is 14.3. The Bertz CT molecular complexity index is 982. The fraction of sp³-hybridized carbons (Fsp3) is 0.100. The zero-order valence-corrected chi connectivity index (χ0v) is 15.1. The highest BCUT2D eigenvalue weighted by atomic mass is 35.5. The Hall–Kier alpha value is -3.43. The smallest absolute Gasteiger partial charge is 0.275 e. The number of hydrogen-bond donors (Lipinski definition) is 2. The standard InChI is InChI=1S/C20H16ClN5O/c21-16-6-3-4-14(10-16)8-9-23-19-13-24-18(12-25-19)20(27)26-17-7-2-1-5-15(17)11-22/h1-7,10,12-13H,8-9H2,(H,23,25)(H,26,27). The molecule has 0 spiro atoms. The first-order valence-corrected chi connectivity index (χ1v) is 8.64. The van der Waals surface area contributed by atoms with E-state index in [0.29, 0.717) is 28.6 Å². The molecule has 0 aliphatic heterocycles. The lowest BCUT2D eigenvalue weighted by atomic mass is 10.1. The number of nitriles is 1. The van der Waals surface area contributed by atoms with Crippen LogP contribution in [0.3, 0.4) is 0 Å². The summed E-state index contributed by atoms with van der Waals surface area (Å²) < 4.78 is 0. The summed E-state index contributed by atoms with van der Waals surface area (Å²) in [5.41, 5.74) is 2.12. The number of anilines is 2. The van der Waals surface area contributed by atoms with Gasteiger partial charge in [-0.2, -0.15) is 5.26 Å². The summed E-state index contributed by atoms with van der Waals surface area (Å²) in [7, 11) is 0.